The van der Waals surface area contributed by atoms with Gasteiger partial charge in [-0.1, -0.05) is 27.7 Å². The molecule has 1 aromatic heterocycles. The molecule has 0 radical (unpaired) electrons. The van der Waals surface area contributed by atoms with Gasteiger partial charge in [-0.05, 0) is 12.0 Å². The number of carbonyl (C=O) groups is 1. The van der Waals surface area contributed by atoms with Crippen LogP contribution in [0.5, 0.6) is 0 Å². The lowest BCUT2D eigenvalue weighted by molar-refractivity contribution is -0.122. The number of hydrogen-bond acceptors (Lipinski definition) is 2. The number of nitrogens with zero attached hydrogens (tertiary/aromatic N) is 2. The molecule has 1 aliphatic carbocycles. The highest BCUT2D eigenvalue weighted by Gasteiger charge is 2.32. The van der Waals surface area contributed by atoms with Crippen LogP contribution in [-0.2, 0) is 30.1 Å². The van der Waals surface area contributed by atoms with E-state index in [1.54, 1.807) is 0 Å². The van der Waals surface area contributed by atoms with Gasteiger partial charge in [0.1, 0.15) is 5.78 Å². The molecular formula is C13H20N2O. The fourth-order valence-corrected chi connectivity index (χ4v) is 2.40. The van der Waals surface area contributed by atoms with Crippen LogP contribution in [0.1, 0.15) is 44.6 Å². The number of aryl methyl sites for hydroxylation is 1. The largest absolute Gasteiger partial charge is 0.299 e. The summed E-state index contributed by atoms with van der Waals surface area (Å²) in [5, 5.41) is 4.60. The van der Waals surface area contributed by atoms with E-state index in [2.05, 4.69) is 25.9 Å². The molecular weight excluding hydrogens is 200 g/mol. The van der Waals surface area contributed by atoms with Gasteiger partial charge in [0, 0.05) is 30.5 Å². The first-order valence-corrected chi connectivity index (χ1v) is 5.88. The van der Waals surface area contributed by atoms with Crippen LogP contribution in [0.25, 0.3) is 0 Å². The van der Waals surface area contributed by atoms with Crippen LogP contribution in [0.4, 0.5) is 0 Å². The molecule has 0 saturated heterocycles. The first-order valence-electron chi connectivity index (χ1n) is 5.88. The van der Waals surface area contributed by atoms with Crippen LogP contribution in [0.3, 0.4) is 0 Å². The molecule has 3 heteroatoms. The second kappa shape index (κ2) is 3.44. The van der Waals surface area contributed by atoms with Crippen molar-refractivity contribution >= 4 is 5.78 Å². The molecule has 1 atom stereocenters. The van der Waals surface area contributed by atoms with E-state index in [0.717, 1.165) is 17.8 Å². The molecule has 16 heavy (non-hydrogen) atoms. The van der Waals surface area contributed by atoms with Crippen LogP contribution in [0, 0.1) is 5.92 Å². The number of rotatable bonds is 0. The van der Waals surface area contributed by atoms with Crippen molar-refractivity contribution < 1.29 is 4.79 Å². The minimum atomic E-state index is 0.0610. The van der Waals surface area contributed by atoms with Crippen molar-refractivity contribution in [2.75, 3.05) is 0 Å². The first-order chi connectivity index (χ1) is 7.30. The molecule has 2 rings (SSSR count). The summed E-state index contributed by atoms with van der Waals surface area (Å²) in [5.41, 5.74) is 3.64. The normalized spacial score (nSPS) is 21.1. The highest BCUT2D eigenvalue weighted by Crippen LogP contribution is 2.32. The van der Waals surface area contributed by atoms with Gasteiger partial charge in [-0.15, -0.1) is 0 Å². The van der Waals surface area contributed by atoms with Crippen LogP contribution in [0.2, 0.25) is 0 Å². The number of aromatic nitrogens is 2. The Morgan fingerprint density at radius 1 is 1.38 bits per heavy atom. The summed E-state index contributed by atoms with van der Waals surface area (Å²) < 4.78 is 1.89. The third kappa shape index (κ3) is 1.68. The zero-order chi connectivity index (χ0) is 12.1. The second-order valence-corrected chi connectivity index (χ2v) is 5.90. The zero-order valence-electron chi connectivity index (χ0n) is 10.8. The lowest BCUT2D eigenvalue weighted by Gasteiger charge is -2.22. The molecule has 1 unspecified atom stereocenters. The fraction of sp³-hybridized carbons (Fsp3) is 0.692. The summed E-state index contributed by atoms with van der Waals surface area (Å²) in [6.45, 7) is 8.55. The Balaban J connectivity index is 2.54. The molecule has 0 aromatic carbocycles. The van der Waals surface area contributed by atoms with E-state index >= 15 is 0 Å². The Hall–Kier alpha value is -1.12. The quantitative estimate of drug-likeness (QED) is 0.670. The van der Waals surface area contributed by atoms with Gasteiger partial charge in [-0.3, -0.25) is 9.48 Å². The highest BCUT2D eigenvalue weighted by atomic mass is 16.1. The summed E-state index contributed by atoms with van der Waals surface area (Å²) >= 11 is 0. The Morgan fingerprint density at radius 2 is 2.00 bits per heavy atom. The molecule has 0 saturated carbocycles. The number of hydrogen-bond donors (Lipinski definition) is 0. The van der Waals surface area contributed by atoms with Gasteiger partial charge < -0.3 is 0 Å². The average Bonchev–Trinajstić information content (AvgIpc) is 2.45. The van der Waals surface area contributed by atoms with Gasteiger partial charge in [0.15, 0.2) is 0 Å². The van der Waals surface area contributed by atoms with Crippen molar-refractivity contribution in [2.24, 2.45) is 13.0 Å². The summed E-state index contributed by atoms with van der Waals surface area (Å²) in [4.78, 5) is 11.7. The summed E-state index contributed by atoms with van der Waals surface area (Å²) in [6.07, 6.45) is 1.41. The third-order valence-corrected chi connectivity index (χ3v) is 3.39. The van der Waals surface area contributed by atoms with Crippen molar-refractivity contribution in [1.29, 1.82) is 0 Å². The number of fused-ring (bicyclic) bond motifs is 1. The lowest BCUT2D eigenvalue weighted by atomic mass is 9.81. The Morgan fingerprint density at radius 3 is 2.56 bits per heavy atom. The molecule has 3 nitrogen and oxygen atoms in total. The maximum Gasteiger partial charge on any atom is 0.141 e. The van der Waals surface area contributed by atoms with Gasteiger partial charge >= 0.3 is 0 Å². The third-order valence-electron chi connectivity index (χ3n) is 3.39. The van der Waals surface area contributed by atoms with Crippen LogP contribution in [-0.4, -0.2) is 15.6 Å². The topological polar surface area (TPSA) is 34.9 Å². The minimum Gasteiger partial charge on any atom is -0.299 e. The van der Waals surface area contributed by atoms with E-state index in [-0.39, 0.29) is 11.3 Å². The van der Waals surface area contributed by atoms with E-state index in [1.807, 2.05) is 18.7 Å². The number of carbonyl (C=O) groups excluding carboxylic acids is 1. The molecule has 1 aromatic rings. The Labute approximate surface area is 96.8 Å². The van der Waals surface area contributed by atoms with Crippen molar-refractivity contribution in [3.05, 3.63) is 17.0 Å². The van der Waals surface area contributed by atoms with Crippen LogP contribution in [0.15, 0.2) is 0 Å². The molecule has 0 fully saturated rings. The van der Waals surface area contributed by atoms with Crippen molar-refractivity contribution in [2.45, 2.75) is 46.0 Å². The monoisotopic (exact) mass is 220 g/mol. The van der Waals surface area contributed by atoms with E-state index in [4.69, 9.17) is 0 Å². The predicted octanol–water partition coefficient (Wildman–Crippen LogP) is 2.02. The van der Waals surface area contributed by atoms with E-state index in [9.17, 15) is 4.79 Å². The molecule has 1 heterocycles. The van der Waals surface area contributed by atoms with E-state index < -0.39 is 0 Å². The summed E-state index contributed by atoms with van der Waals surface area (Å²) in [7, 11) is 1.94. The molecule has 0 amide bonds. The van der Waals surface area contributed by atoms with Crippen LogP contribution >= 0.6 is 0 Å². The van der Waals surface area contributed by atoms with Gasteiger partial charge in [-0.2, -0.15) is 5.10 Å². The highest BCUT2D eigenvalue weighted by molar-refractivity contribution is 5.85. The van der Waals surface area contributed by atoms with Gasteiger partial charge in [-0.25, -0.2) is 0 Å². The van der Waals surface area contributed by atoms with Gasteiger partial charge in [0.2, 0.25) is 0 Å². The molecule has 0 bridgehead atoms. The number of Topliss-reactive ketones (excluding diaryl/α,β-unsaturated/α-hetero) is 1. The van der Waals surface area contributed by atoms with Crippen molar-refractivity contribution in [3.63, 3.8) is 0 Å². The smallest absolute Gasteiger partial charge is 0.141 e. The molecule has 0 aliphatic heterocycles. The molecule has 0 spiro atoms. The fourth-order valence-electron chi connectivity index (χ4n) is 2.40. The molecule has 0 N–H and O–H groups in total. The van der Waals surface area contributed by atoms with Crippen molar-refractivity contribution in [3.8, 4) is 0 Å². The first kappa shape index (κ1) is 11.4. The second-order valence-electron chi connectivity index (χ2n) is 5.90. The number of ketones is 1. The van der Waals surface area contributed by atoms with E-state index in [1.165, 1.54) is 5.56 Å². The lowest BCUT2D eigenvalue weighted by Crippen LogP contribution is -2.25. The zero-order valence-corrected chi connectivity index (χ0v) is 10.8. The van der Waals surface area contributed by atoms with Gasteiger partial charge in [0.25, 0.3) is 0 Å². The van der Waals surface area contributed by atoms with Crippen molar-refractivity contribution in [1.82, 2.24) is 9.78 Å². The standard InChI is InChI=1S/C13H20N2O/c1-8-6-9-10(7-11(8)16)15(5)14-12(9)13(2,3)4/h8H,6-7H2,1-5H3. The maximum absolute atomic E-state index is 11.7. The SMILES string of the molecule is CC1Cc2c(C(C)(C)C)nn(C)c2CC1=O. The van der Waals surface area contributed by atoms with Crippen LogP contribution < -0.4 is 0 Å². The molecule has 1 aliphatic rings. The predicted molar refractivity (Wildman–Crippen MR) is 63.5 cm³/mol. The van der Waals surface area contributed by atoms with E-state index in [0.29, 0.717) is 12.2 Å². The Bertz CT molecular complexity index is 438. The summed E-state index contributed by atoms with van der Waals surface area (Å²) in [6, 6.07) is 0. The molecule has 88 valence electrons. The Kier molecular flexibility index (Phi) is 2.44. The minimum absolute atomic E-state index is 0.0610. The van der Waals surface area contributed by atoms with Gasteiger partial charge in [0.05, 0.1) is 5.69 Å². The maximum atomic E-state index is 11.7. The summed E-state index contributed by atoms with van der Waals surface area (Å²) in [5.74, 6) is 0.494. The average molecular weight is 220 g/mol.